The summed E-state index contributed by atoms with van der Waals surface area (Å²) in [5.41, 5.74) is 4.71. The van der Waals surface area contributed by atoms with Gasteiger partial charge in [-0.3, -0.25) is 9.67 Å². The van der Waals surface area contributed by atoms with Crippen LogP contribution >= 0.6 is 24.0 Å². The molecule has 0 aliphatic carbocycles. The van der Waals surface area contributed by atoms with E-state index in [1.54, 1.807) is 7.11 Å². The minimum Gasteiger partial charge on any atom is -0.497 e. The van der Waals surface area contributed by atoms with Gasteiger partial charge in [0.25, 0.3) is 0 Å². The summed E-state index contributed by atoms with van der Waals surface area (Å²) in [4.78, 5) is 9.19. The van der Waals surface area contributed by atoms with Crippen molar-refractivity contribution in [2.24, 2.45) is 12.0 Å². The predicted molar refractivity (Wildman–Crippen MR) is 125 cm³/mol. The number of nitrogens with one attached hydrogen (secondary N) is 1. The lowest BCUT2D eigenvalue weighted by molar-refractivity contribution is 0.371. The number of nitrogens with zero attached hydrogens (tertiary/aromatic N) is 5. The van der Waals surface area contributed by atoms with Crippen molar-refractivity contribution < 1.29 is 4.74 Å². The molecule has 0 amide bonds. The van der Waals surface area contributed by atoms with Gasteiger partial charge in [0.05, 0.1) is 12.8 Å². The average molecular weight is 498 g/mol. The van der Waals surface area contributed by atoms with Crippen LogP contribution in [0.1, 0.15) is 17.0 Å². The van der Waals surface area contributed by atoms with Crippen LogP contribution < -0.4 is 15.0 Å². The molecule has 1 aromatic heterocycles. The Labute approximate surface area is 184 Å². The van der Waals surface area contributed by atoms with Gasteiger partial charge in [0.1, 0.15) is 5.75 Å². The quantitative estimate of drug-likeness (QED) is 0.399. The van der Waals surface area contributed by atoms with Crippen LogP contribution in [0.5, 0.6) is 5.75 Å². The molecular weight excluding hydrogens is 467 g/mol. The summed E-state index contributed by atoms with van der Waals surface area (Å²) in [5, 5.41) is 8.00. The van der Waals surface area contributed by atoms with E-state index in [4.69, 9.17) is 4.74 Å². The number of benzene rings is 1. The smallest absolute Gasteiger partial charge is 0.194 e. The largest absolute Gasteiger partial charge is 0.497 e. The minimum absolute atomic E-state index is 0. The highest BCUT2D eigenvalue weighted by Gasteiger charge is 2.20. The minimum atomic E-state index is 0. The van der Waals surface area contributed by atoms with Gasteiger partial charge < -0.3 is 19.9 Å². The van der Waals surface area contributed by atoms with Crippen molar-refractivity contribution in [3.05, 3.63) is 41.2 Å². The van der Waals surface area contributed by atoms with Crippen molar-refractivity contribution in [3.8, 4) is 5.75 Å². The molecule has 8 heteroatoms. The molecule has 0 radical (unpaired) electrons. The molecule has 1 fully saturated rings. The summed E-state index contributed by atoms with van der Waals surface area (Å²) in [6.45, 7) is 8.68. The Bertz CT molecular complexity index is 811. The number of methoxy groups -OCH3 is 1. The number of aryl methyl sites for hydroxylation is 2. The zero-order valence-corrected chi connectivity index (χ0v) is 19.7. The topological polar surface area (TPSA) is 57.9 Å². The summed E-state index contributed by atoms with van der Waals surface area (Å²) in [5.74, 6) is 1.84. The van der Waals surface area contributed by atoms with Crippen LogP contribution in [-0.2, 0) is 13.6 Å². The fourth-order valence-electron chi connectivity index (χ4n) is 3.56. The zero-order valence-electron chi connectivity index (χ0n) is 17.4. The van der Waals surface area contributed by atoms with Gasteiger partial charge in [-0.1, -0.05) is 6.07 Å². The lowest BCUT2D eigenvalue weighted by Gasteiger charge is -2.37. The Kier molecular flexibility index (Phi) is 7.97. The molecule has 2 heterocycles. The van der Waals surface area contributed by atoms with E-state index in [1.165, 1.54) is 16.9 Å². The summed E-state index contributed by atoms with van der Waals surface area (Å²) >= 11 is 0. The maximum absolute atomic E-state index is 5.34. The Morgan fingerprint density at radius 1 is 1.21 bits per heavy atom. The third-order valence-electron chi connectivity index (χ3n) is 5.29. The van der Waals surface area contributed by atoms with Crippen molar-refractivity contribution in [1.29, 1.82) is 0 Å². The first-order valence-electron chi connectivity index (χ1n) is 9.37. The number of aromatic nitrogens is 2. The fraction of sp³-hybridized carbons (Fsp3) is 0.500. The van der Waals surface area contributed by atoms with Gasteiger partial charge in [-0.05, 0) is 26.0 Å². The number of guanidine groups is 1. The van der Waals surface area contributed by atoms with Crippen molar-refractivity contribution in [1.82, 2.24) is 20.0 Å². The van der Waals surface area contributed by atoms with E-state index in [0.717, 1.165) is 50.1 Å². The monoisotopic (exact) mass is 498 g/mol. The van der Waals surface area contributed by atoms with Crippen molar-refractivity contribution in [3.63, 3.8) is 0 Å². The second kappa shape index (κ2) is 9.99. The Hall–Kier alpha value is -1.97. The standard InChI is InChI=1S/C20H30N6O.HI/c1-15-19(16(2)24(4)23-15)14-22-20(21-3)26-11-9-25(10-12-26)17-7-6-8-18(13-17)27-5;/h6-8,13H,9-12,14H2,1-5H3,(H,21,22);1H. The molecule has 0 bridgehead atoms. The average Bonchev–Trinajstić information content (AvgIpc) is 2.94. The van der Waals surface area contributed by atoms with E-state index >= 15 is 0 Å². The van der Waals surface area contributed by atoms with E-state index in [1.807, 2.05) is 30.9 Å². The van der Waals surface area contributed by atoms with Gasteiger partial charge in [0, 0.05) is 69.8 Å². The third-order valence-corrected chi connectivity index (χ3v) is 5.29. The van der Waals surface area contributed by atoms with E-state index in [-0.39, 0.29) is 24.0 Å². The maximum atomic E-state index is 5.34. The van der Waals surface area contributed by atoms with E-state index in [9.17, 15) is 0 Å². The van der Waals surface area contributed by atoms with E-state index in [0.29, 0.717) is 0 Å². The first-order chi connectivity index (χ1) is 13.0. The van der Waals surface area contributed by atoms with Crippen molar-refractivity contribution in [2.75, 3.05) is 45.2 Å². The number of hydrogen-bond acceptors (Lipinski definition) is 4. The molecule has 3 rings (SSSR count). The third kappa shape index (κ3) is 4.89. The van der Waals surface area contributed by atoms with E-state index < -0.39 is 0 Å². The summed E-state index contributed by atoms with van der Waals surface area (Å²) < 4.78 is 7.28. The van der Waals surface area contributed by atoms with Crippen LogP contribution in [0.4, 0.5) is 5.69 Å². The number of piperazine rings is 1. The Morgan fingerprint density at radius 2 is 1.93 bits per heavy atom. The van der Waals surface area contributed by atoms with Crippen LogP contribution in [0.15, 0.2) is 29.3 Å². The number of aliphatic imine (C=N–C) groups is 1. The van der Waals surface area contributed by atoms with Gasteiger partial charge in [-0.15, -0.1) is 24.0 Å². The Morgan fingerprint density at radius 3 is 2.50 bits per heavy atom. The molecule has 1 N–H and O–H groups in total. The number of halogens is 1. The lowest BCUT2D eigenvalue weighted by atomic mass is 10.2. The van der Waals surface area contributed by atoms with Gasteiger partial charge in [0.15, 0.2) is 5.96 Å². The second-order valence-electron chi connectivity index (χ2n) is 6.85. The van der Waals surface area contributed by atoms with Crippen LogP contribution in [-0.4, -0.2) is 61.0 Å². The molecule has 1 saturated heterocycles. The van der Waals surface area contributed by atoms with Gasteiger partial charge in [0.2, 0.25) is 0 Å². The molecule has 28 heavy (non-hydrogen) atoms. The highest BCUT2D eigenvalue weighted by atomic mass is 127. The van der Waals surface area contributed by atoms with Crippen molar-refractivity contribution in [2.45, 2.75) is 20.4 Å². The highest BCUT2D eigenvalue weighted by molar-refractivity contribution is 14.0. The molecule has 0 atom stereocenters. The van der Waals surface area contributed by atoms with E-state index in [2.05, 4.69) is 51.2 Å². The van der Waals surface area contributed by atoms with Crippen LogP contribution in [0.2, 0.25) is 0 Å². The summed E-state index contributed by atoms with van der Waals surface area (Å²) in [6, 6.07) is 8.25. The first-order valence-corrected chi connectivity index (χ1v) is 9.37. The molecule has 1 aliphatic heterocycles. The molecular formula is C20H31IN6O. The van der Waals surface area contributed by atoms with Gasteiger partial charge in [-0.2, -0.15) is 5.10 Å². The molecule has 7 nitrogen and oxygen atoms in total. The van der Waals surface area contributed by atoms with Crippen molar-refractivity contribution >= 4 is 35.6 Å². The van der Waals surface area contributed by atoms with Gasteiger partial charge in [-0.25, -0.2) is 0 Å². The summed E-state index contributed by atoms with van der Waals surface area (Å²) in [6.07, 6.45) is 0. The normalized spacial score (nSPS) is 14.7. The lowest BCUT2D eigenvalue weighted by Crippen LogP contribution is -2.52. The predicted octanol–water partition coefficient (Wildman–Crippen LogP) is 2.56. The second-order valence-corrected chi connectivity index (χ2v) is 6.85. The SMILES string of the molecule is CN=C(NCc1c(C)nn(C)c1C)N1CCN(c2cccc(OC)c2)CC1.I. The number of anilines is 1. The fourth-order valence-corrected chi connectivity index (χ4v) is 3.56. The number of rotatable bonds is 4. The summed E-state index contributed by atoms with van der Waals surface area (Å²) in [7, 11) is 5.54. The first kappa shape index (κ1) is 22.3. The number of ether oxygens (including phenoxy) is 1. The van der Waals surface area contributed by atoms with Crippen LogP contribution in [0.3, 0.4) is 0 Å². The van der Waals surface area contributed by atoms with Crippen LogP contribution in [0.25, 0.3) is 0 Å². The Balaban J connectivity index is 0.00000280. The molecule has 0 saturated carbocycles. The number of hydrogen-bond donors (Lipinski definition) is 1. The molecule has 2 aromatic rings. The zero-order chi connectivity index (χ0) is 19.4. The molecule has 154 valence electrons. The molecule has 1 aliphatic rings. The van der Waals surface area contributed by atoms with Gasteiger partial charge >= 0.3 is 0 Å². The maximum Gasteiger partial charge on any atom is 0.194 e. The molecule has 0 unspecified atom stereocenters. The highest BCUT2D eigenvalue weighted by Crippen LogP contribution is 2.22. The molecule has 1 aromatic carbocycles. The van der Waals surface area contributed by atoms with Crippen LogP contribution in [0, 0.1) is 13.8 Å². The molecule has 0 spiro atoms.